The first-order chi connectivity index (χ1) is 19.5. The summed E-state index contributed by atoms with van der Waals surface area (Å²) in [6.45, 7) is 5.70. The monoisotopic (exact) mass is 599 g/mol. The predicted molar refractivity (Wildman–Crippen MR) is 164 cm³/mol. The number of carbonyl (C=O) groups is 2. The maximum Gasteiger partial charge on any atom is 0.244 e. The fourth-order valence-corrected chi connectivity index (χ4v) is 5.34. The maximum atomic E-state index is 14.1. The number of nitrogens with zero attached hydrogens (tertiary/aromatic N) is 2. The van der Waals surface area contributed by atoms with Crippen molar-refractivity contribution in [2.24, 2.45) is 0 Å². The summed E-state index contributed by atoms with van der Waals surface area (Å²) in [5, 5.41) is 3.45. The molecule has 0 spiro atoms. The first-order valence-corrected chi connectivity index (χ1v) is 15.8. The number of halogens is 1. The Morgan fingerprint density at radius 2 is 1.59 bits per heavy atom. The highest BCUT2D eigenvalue weighted by Crippen LogP contribution is 2.24. The van der Waals surface area contributed by atoms with Crippen LogP contribution in [-0.2, 0) is 32.6 Å². The maximum absolute atomic E-state index is 14.1. The number of amides is 2. The second-order valence-corrected chi connectivity index (χ2v) is 12.1. The van der Waals surface area contributed by atoms with Crippen LogP contribution in [-0.4, -0.2) is 56.6 Å². The Labute approximate surface area is 248 Å². The number of anilines is 1. The van der Waals surface area contributed by atoms with Crippen molar-refractivity contribution in [3.8, 4) is 5.75 Å². The van der Waals surface area contributed by atoms with E-state index < -0.39 is 28.5 Å². The Hall–Kier alpha value is -3.56. The van der Waals surface area contributed by atoms with E-state index in [2.05, 4.69) is 5.32 Å². The molecule has 0 aliphatic rings. The lowest BCUT2D eigenvalue weighted by Crippen LogP contribution is -2.54. The minimum absolute atomic E-state index is 0.0187. The average molecular weight is 600 g/mol. The number of carbonyl (C=O) groups excluding carboxylic acids is 2. The third-order valence-electron chi connectivity index (χ3n) is 6.69. The molecule has 0 fully saturated rings. The van der Waals surface area contributed by atoms with Crippen molar-refractivity contribution < 1.29 is 22.7 Å². The van der Waals surface area contributed by atoms with Crippen LogP contribution in [0, 0.1) is 0 Å². The van der Waals surface area contributed by atoms with Gasteiger partial charge in [0.15, 0.2) is 0 Å². The number of hydrogen-bond donors (Lipinski definition) is 1. The average Bonchev–Trinajstić information content (AvgIpc) is 2.95. The second kappa shape index (κ2) is 14.9. The topological polar surface area (TPSA) is 96.0 Å². The number of rotatable bonds is 14. The van der Waals surface area contributed by atoms with Crippen molar-refractivity contribution in [3.63, 3.8) is 0 Å². The summed E-state index contributed by atoms with van der Waals surface area (Å²) in [6.07, 6.45) is 2.00. The molecule has 2 amide bonds. The summed E-state index contributed by atoms with van der Waals surface area (Å²) in [5.74, 6) is -0.277. The summed E-state index contributed by atoms with van der Waals surface area (Å²) in [6, 6.07) is 22.0. The number of sulfonamides is 1. The molecular weight excluding hydrogens is 562 g/mol. The van der Waals surface area contributed by atoms with Gasteiger partial charge in [-0.25, -0.2) is 8.42 Å². The molecule has 10 heteroatoms. The van der Waals surface area contributed by atoms with E-state index in [-0.39, 0.29) is 24.9 Å². The third kappa shape index (κ3) is 9.23. The van der Waals surface area contributed by atoms with Gasteiger partial charge in [0.05, 0.1) is 18.6 Å². The van der Waals surface area contributed by atoms with E-state index >= 15 is 0 Å². The standard InChI is InChI=1S/C31H38ClN3O5S/c1-5-23(3)33-31(37)29(20-24-12-8-7-9-13-24)34(21-25-14-10-11-15-28(25)32)30(36)22-35(41(4,38)39)26-16-18-27(19-17-26)40-6-2/h7-19,23,29H,5-6,20-22H2,1-4H3,(H,33,37)/t23-,29+/m0/s1. The molecule has 1 N–H and O–H groups in total. The smallest absolute Gasteiger partial charge is 0.244 e. The van der Waals surface area contributed by atoms with Crippen LogP contribution in [0.5, 0.6) is 5.75 Å². The van der Waals surface area contributed by atoms with E-state index in [1.165, 1.54) is 4.90 Å². The first-order valence-electron chi connectivity index (χ1n) is 13.6. The van der Waals surface area contributed by atoms with Gasteiger partial charge in [-0.15, -0.1) is 0 Å². The molecule has 0 radical (unpaired) electrons. The molecule has 8 nitrogen and oxygen atoms in total. The van der Waals surface area contributed by atoms with Crippen molar-refractivity contribution in [1.82, 2.24) is 10.2 Å². The van der Waals surface area contributed by atoms with Gasteiger partial charge in [-0.1, -0.05) is 67.1 Å². The second-order valence-electron chi connectivity index (χ2n) is 9.83. The van der Waals surface area contributed by atoms with Crippen molar-refractivity contribution in [2.45, 2.75) is 52.2 Å². The highest BCUT2D eigenvalue weighted by atomic mass is 35.5. The molecule has 41 heavy (non-hydrogen) atoms. The first kappa shape index (κ1) is 32.0. The molecule has 0 aliphatic carbocycles. The van der Waals surface area contributed by atoms with Gasteiger partial charge in [0.2, 0.25) is 21.8 Å². The van der Waals surface area contributed by atoms with E-state index in [0.29, 0.717) is 35.1 Å². The van der Waals surface area contributed by atoms with E-state index in [4.69, 9.17) is 16.3 Å². The van der Waals surface area contributed by atoms with Gasteiger partial charge in [-0.3, -0.25) is 13.9 Å². The van der Waals surface area contributed by atoms with Gasteiger partial charge in [-0.2, -0.15) is 0 Å². The lowest BCUT2D eigenvalue weighted by Gasteiger charge is -2.34. The molecule has 0 saturated heterocycles. The zero-order valence-corrected chi connectivity index (χ0v) is 25.5. The molecule has 0 saturated carbocycles. The van der Waals surface area contributed by atoms with Crippen molar-refractivity contribution >= 4 is 39.1 Å². The molecular formula is C31H38ClN3O5S. The molecule has 220 valence electrons. The minimum Gasteiger partial charge on any atom is -0.494 e. The summed E-state index contributed by atoms with van der Waals surface area (Å²) in [4.78, 5) is 29.3. The van der Waals surface area contributed by atoms with Gasteiger partial charge in [0, 0.05) is 24.0 Å². The van der Waals surface area contributed by atoms with Crippen molar-refractivity contribution in [1.29, 1.82) is 0 Å². The van der Waals surface area contributed by atoms with E-state index in [1.54, 1.807) is 48.5 Å². The predicted octanol–water partition coefficient (Wildman–Crippen LogP) is 5.06. The van der Waals surface area contributed by atoms with Crippen LogP contribution in [0.1, 0.15) is 38.3 Å². The van der Waals surface area contributed by atoms with E-state index in [1.807, 2.05) is 51.1 Å². The fourth-order valence-electron chi connectivity index (χ4n) is 4.29. The number of hydrogen-bond acceptors (Lipinski definition) is 5. The Morgan fingerprint density at radius 1 is 0.951 bits per heavy atom. The molecule has 0 aromatic heterocycles. The van der Waals surface area contributed by atoms with Gasteiger partial charge in [-0.05, 0) is 61.7 Å². The Kier molecular flexibility index (Phi) is 11.6. The summed E-state index contributed by atoms with van der Waals surface area (Å²) >= 11 is 6.48. The SMILES string of the molecule is CCOc1ccc(N(CC(=O)N(Cc2ccccc2Cl)[C@H](Cc2ccccc2)C(=O)N[C@@H](C)CC)S(C)(=O)=O)cc1. The zero-order chi connectivity index (χ0) is 30.0. The van der Waals surface area contributed by atoms with Crippen LogP contribution in [0.2, 0.25) is 5.02 Å². The minimum atomic E-state index is -3.86. The van der Waals surface area contributed by atoms with Gasteiger partial charge in [0.1, 0.15) is 18.3 Å². The molecule has 0 unspecified atom stereocenters. The highest BCUT2D eigenvalue weighted by Gasteiger charge is 2.33. The van der Waals surface area contributed by atoms with Crippen LogP contribution in [0.15, 0.2) is 78.9 Å². The van der Waals surface area contributed by atoms with Crippen molar-refractivity contribution in [2.75, 3.05) is 23.7 Å². The quantitative estimate of drug-likeness (QED) is 0.279. The molecule has 3 aromatic carbocycles. The number of nitrogens with one attached hydrogen (secondary N) is 1. The normalized spacial score (nSPS) is 12.7. The van der Waals surface area contributed by atoms with E-state index in [9.17, 15) is 18.0 Å². The lowest BCUT2D eigenvalue weighted by atomic mass is 10.0. The van der Waals surface area contributed by atoms with E-state index in [0.717, 1.165) is 16.1 Å². The summed E-state index contributed by atoms with van der Waals surface area (Å²) in [7, 11) is -3.86. The van der Waals surface area contributed by atoms with Crippen molar-refractivity contribution in [3.05, 3.63) is 95.0 Å². The zero-order valence-electron chi connectivity index (χ0n) is 23.9. The summed E-state index contributed by atoms with van der Waals surface area (Å²) in [5.41, 5.74) is 1.81. The molecule has 3 rings (SSSR count). The molecule has 2 atom stereocenters. The molecule has 3 aromatic rings. The highest BCUT2D eigenvalue weighted by molar-refractivity contribution is 7.92. The Bertz CT molecular complexity index is 1400. The molecule has 0 bridgehead atoms. The lowest BCUT2D eigenvalue weighted by molar-refractivity contribution is -0.140. The van der Waals surface area contributed by atoms with Gasteiger partial charge in [0.25, 0.3) is 0 Å². The number of ether oxygens (including phenoxy) is 1. The summed E-state index contributed by atoms with van der Waals surface area (Å²) < 4.78 is 32.3. The van der Waals surface area contributed by atoms with Crippen LogP contribution in [0.4, 0.5) is 5.69 Å². The van der Waals surface area contributed by atoms with Gasteiger partial charge < -0.3 is 15.0 Å². The van der Waals surface area contributed by atoms with Gasteiger partial charge >= 0.3 is 0 Å². The van der Waals surface area contributed by atoms with Crippen LogP contribution >= 0.6 is 11.6 Å². The van der Waals surface area contributed by atoms with Crippen LogP contribution in [0.25, 0.3) is 0 Å². The molecule has 0 heterocycles. The third-order valence-corrected chi connectivity index (χ3v) is 8.19. The Morgan fingerprint density at radius 3 is 2.17 bits per heavy atom. The van der Waals surface area contributed by atoms with Crippen LogP contribution in [0.3, 0.4) is 0 Å². The fraction of sp³-hybridized carbons (Fsp3) is 0.355. The van der Waals surface area contributed by atoms with Crippen LogP contribution < -0.4 is 14.4 Å². The molecule has 0 aliphatic heterocycles. The number of benzene rings is 3. The Balaban J connectivity index is 2.05. The largest absolute Gasteiger partial charge is 0.494 e.